The molecule has 0 aliphatic heterocycles. The Balaban J connectivity index is 3.61. The Bertz CT molecular complexity index is 123. The molecule has 0 unspecified atom stereocenters. The minimum atomic E-state index is -0.797. The van der Waals surface area contributed by atoms with Crippen LogP contribution < -0.4 is 5.73 Å². The molecule has 0 aliphatic rings. The molecule has 0 aromatic carbocycles. The molecule has 0 aliphatic carbocycles. The van der Waals surface area contributed by atoms with Crippen molar-refractivity contribution in [3.8, 4) is 0 Å². The maximum absolute atomic E-state index is 5.41. The molecule has 0 saturated carbocycles. The normalized spacial score (nSPS) is 12.2. The first-order valence-electron chi connectivity index (χ1n) is 5.10. The van der Waals surface area contributed by atoms with Crippen LogP contribution in [0.3, 0.4) is 0 Å². The summed E-state index contributed by atoms with van der Waals surface area (Å²) in [6.07, 6.45) is 5.24. The fraction of sp³-hybridized carbons (Fsp3) is 1.00. The molecule has 2 N–H and O–H groups in total. The van der Waals surface area contributed by atoms with Crippen molar-refractivity contribution in [2.75, 3.05) is 20.8 Å². The van der Waals surface area contributed by atoms with E-state index >= 15 is 0 Å². The van der Waals surface area contributed by atoms with E-state index in [0.717, 1.165) is 32.2 Å². The van der Waals surface area contributed by atoms with Crippen LogP contribution >= 0.6 is 0 Å². The molecule has 0 heterocycles. The van der Waals surface area contributed by atoms with E-state index in [1.807, 2.05) is 0 Å². The molecular formula is C9H23NO3Si. The van der Waals surface area contributed by atoms with Gasteiger partial charge in [0.2, 0.25) is 0 Å². The first-order valence-corrected chi connectivity index (χ1v) is 5.92. The van der Waals surface area contributed by atoms with Crippen molar-refractivity contribution < 1.29 is 13.9 Å². The third kappa shape index (κ3) is 5.07. The summed E-state index contributed by atoms with van der Waals surface area (Å²) in [5.41, 5.74) is 5.41. The third-order valence-corrected chi connectivity index (χ3v) is 2.99. The van der Waals surface area contributed by atoms with Gasteiger partial charge in [0, 0.05) is 20.6 Å². The number of methoxy groups -OCH3 is 2. The van der Waals surface area contributed by atoms with Gasteiger partial charge >= 0.3 is 0 Å². The van der Waals surface area contributed by atoms with E-state index in [1.54, 1.807) is 14.2 Å². The van der Waals surface area contributed by atoms with Crippen LogP contribution in [0, 0.1) is 0 Å². The fourth-order valence-corrected chi connectivity index (χ4v) is 1.93. The molecule has 0 bridgehead atoms. The highest BCUT2D eigenvalue weighted by molar-refractivity contribution is 5.98. The van der Waals surface area contributed by atoms with Crippen molar-refractivity contribution in [1.29, 1.82) is 0 Å². The lowest BCUT2D eigenvalue weighted by Crippen LogP contribution is -2.36. The van der Waals surface area contributed by atoms with E-state index in [4.69, 9.17) is 19.6 Å². The van der Waals surface area contributed by atoms with E-state index in [-0.39, 0.29) is 0 Å². The predicted molar refractivity (Wildman–Crippen MR) is 59.9 cm³/mol. The van der Waals surface area contributed by atoms with Crippen LogP contribution in [0.5, 0.6) is 0 Å². The molecule has 0 aromatic rings. The maximum Gasteiger partial charge on any atom is 0.272 e. The monoisotopic (exact) mass is 221 g/mol. The van der Waals surface area contributed by atoms with Crippen LogP contribution in [0.4, 0.5) is 0 Å². The van der Waals surface area contributed by atoms with Crippen molar-refractivity contribution in [3.63, 3.8) is 0 Å². The second-order valence-corrected chi connectivity index (χ2v) is 3.66. The summed E-state index contributed by atoms with van der Waals surface area (Å²) < 4.78 is 15.7. The van der Waals surface area contributed by atoms with Gasteiger partial charge in [-0.25, -0.2) is 0 Å². The van der Waals surface area contributed by atoms with Crippen LogP contribution in [-0.4, -0.2) is 37.2 Å². The standard InChI is InChI=1S/C9H23NO3Si/c1-11-9(12-2,13-14)7-5-3-4-6-8-10/h3-8,10H2,1-2,14H3. The van der Waals surface area contributed by atoms with Gasteiger partial charge < -0.3 is 19.6 Å². The lowest BCUT2D eigenvalue weighted by atomic mass is 10.1. The average Bonchev–Trinajstić information content (AvgIpc) is 2.24. The first-order chi connectivity index (χ1) is 6.74. The molecule has 4 nitrogen and oxygen atoms in total. The molecule has 0 fully saturated rings. The van der Waals surface area contributed by atoms with Crippen molar-refractivity contribution >= 4 is 10.5 Å². The Morgan fingerprint density at radius 2 is 1.64 bits per heavy atom. The van der Waals surface area contributed by atoms with Gasteiger partial charge in [0.1, 0.15) is 0 Å². The quantitative estimate of drug-likeness (QED) is 0.342. The van der Waals surface area contributed by atoms with Gasteiger partial charge in [0.15, 0.2) is 10.5 Å². The van der Waals surface area contributed by atoms with Gasteiger partial charge in [0.25, 0.3) is 5.97 Å². The lowest BCUT2D eigenvalue weighted by molar-refractivity contribution is -0.325. The van der Waals surface area contributed by atoms with Crippen LogP contribution in [-0.2, 0) is 13.9 Å². The molecule has 86 valence electrons. The van der Waals surface area contributed by atoms with E-state index in [0.29, 0.717) is 10.5 Å². The van der Waals surface area contributed by atoms with Gasteiger partial charge in [-0.3, -0.25) is 0 Å². The van der Waals surface area contributed by atoms with Crippen molar-refractivity contribution in [2.45, 2.75) is 38.1 Å². The molecule has 0 amide bonds. The minimum absolute atomic E-state index is 0.615. The number of nitrogens with two attached hydrogens (primary N) is 1. The Labute approximate surface area is 89.6 Å². The van der Waals surface area contributed by atoms with Gasteiger partial charge in [0.05, 0.1) is 0 Å². The highest BCUT2D eigenvalue weighted by atomic mass is 28.2. The fourth-order valence-electron chi connectivity index (χ4n) is 1.40. The zero-order chi connectivity index (χ0) is 10.9. The number of hydrogen-bond donors (Lipinski definition) is 1. The van der Waals surface area contributed by atoms with E-state index in [2.05, 4.69) is 0 Å². The molecule has 0 saturated heterocycles. The number of unbranched alkanes of at least 4 members (excludes halogenated alkanes) is 3. The Morgan fingerprint density at radius 3 is 2.07 bits per heavy atom. The third-order valence-electron chi connectivity index (χ3n) is 2.37. The Kier molecular flexibility index (Phi) is 8.41. The molecular weight excluding hydrogens is 198 g/mol. The van der Waals surface area contributed by atoms with Crippen LogP contribution in [0.15, 0.2) is 0 Å². The molecule has 0 rings (SSSR count). The molecule has 0 radical (unpaired) electrons. The topological polar surface area (TPSA) is 53.7 Å². The zero-order valence-electron chi connectivity index (χ0n) is 9.54. The van der Waals surface area contributed by atoms with Gasteiger partial charge in [-0.05, 0) is 19.4 Å². The first kappa shape index (κ1) is 14.1. The number of rotatable bonds is 9. The summed E-state index contributed by atoms with van der Waals surface area (Å²) in [6.45, 7) is 0.775. The zero-order valence-corrected chi connectivity index (χ0v) is 11.5. The smallest absolute Gasteiger partial charge is 0.272 e. The van der Waals surface area contributed by atoms with Crippen molar-refractivity contribution in [1.82, 2.24) is 0 Å². The summed E-state index contributed by atoms with van der Waals surface area (Å²) >= 11 is 0. The summed E-state index contributed by atoms with van der Waals surface area (Å²) in [6, 6.07) is 0. The summed E-state index contributed by atoms with van der Waals surface area (Å²) in [5, 5.41) is 0. The summed E-state index contributed by atoms with van der Waals surface area (Å²) in [4.78, 5) is 0. The minimum Gasteiger partial charge on any atom is -0.380 e. The highest BCUT2D eigenvalue weighted by Gasteiger charge is 2.27. The predicted octanol–water partition coefficient (Wildman–Crippen LogP) is 0.139. The second-order valence-electron chi connectivity index (χ2n) is 3.25. The van der Waals surface area contributed by atoms with Crippen molar-refractivity contribution in [3.05, 3.63) is 0 Å². The number of ether oxygens (including phenoxy) is 2. The van der Waals surface area contributed by atoms with E-state index in [1.165, 1.54) is 6.42 Å². The lowest BCUT2D eigenvalue weighted by Gasteiger charge is -2.29. The molecule has 0 aromatic heterocycles. The largest absolute Gasteiger partial charge is 0.380 e. The SMILES string of the molecule is COC(CCCCCCN)(OC)O[SiH3]. The highest BCUT2D eigenvalue weighted by Crippen LogP contribution is 2.20. The maximum atomic E-state index is 5.41. The van der Waals surface area contributed by atoms with Crippen LogP contribution in [0.25, 0.3) is 0 Å². The van der Waals surface area contributed by atoms with E-state index < -0.39 is 5.97 Å². The van der Waals surface area contributed by atoms with Gasteiger partial charge in [-0.15, -0.1) is 0 Å². The number of hydrogen-bond acceptors (Lipinski definition) is 4. The van der Waals surface area contributed by atoms with Gasteiger partial charge in [-0.2, -0.15) is 0 Å². The molecule has 0 atom stereocenters. The van der Waals surface area contributed by atoms with Crippen molar-refractivity contribution in [2.24, 2.45) is 5.73 Å². The second kappa shape index (κ2) is 8.37. The molecule has 0 spiro atoms. The Hall–Kier alpha value is 0.0569. The summed E-state index contributed by atoms with van der Waals surface area (Å²) in [5.74, 6) is -0.797. The molecule has 5 heteroatoms. The van der Waals surface area contributed by atoms with E-state index in [9.17, 15) is 0 Å². The summed E-state index contributed by atoms with van der Waals surface area (Å²) in [7, 11) is 3.84. The van der Waals surface area contributed by atoms with Crippen LogP contribution in [0.1, 0.15) is 32.1 Å². The van der Waals surface area contributed by atoms with Gasteiger partial charge in [-0.1, -0.05) is 12.8 Å². The van der Waals surface area contributed by atoms with Crippen LogP contribution in [0.2, 0.25) is 0 Å². The Morgan fingerprint density at radius 1 is 1.07 bits per heavy atom. The average molecular weight is 221 g/mol. The molecule has 14 heavy (non-hydrogen) atoms.